The van der Waals surface area contributed by atoms with Crippen molar-refractivity contribution in [2.45, 2.75) is 59.0 Å². The number of piperidine rings is 1. The molecule has 0 spiro atoms. The van der Waals surface area contributed by atoms with Gasteiger partial charge in [-0.05, 0) is 63.0 Å². The molecule has 2 aromatic rings. The average Bonchev–Trinajstić information content (AvgIpc) is 3.15. The first-order valence-electron chi connectivity index (χ1n) is 11.1. The standard InChI is InChI=1S/C24H35N3O3/c1-4-5-14-29-23-8-6-21(7-9-23)16-27(17-22-18-30-19(2)25-22)24(28)15-20-10-12-26(3)13-11-20/h6-9,18,20H,4-5,10-17H2,1-3H3. The molecule has 1 saturated heterocycles. The maximum Gasteiger partial charge on any atom is 0.223 e. The van der Waals surface area contributed by atoms with E-state index >= 15 is 0 Å². The van der Waals surface area contributed by atoms with Crippen molar-refractivity contribution in [3.05, 3.63) is 47.7 Å². The van der Waals surface area contributed by atoms with Crippen LogP contribution in [0.2, 0.25) is 0 Å². The van der Waals surface area contributed by atoms with E-state index in [2.05, 4.69) is 23.9 Å². The van der Waals surface area contributed by atoms with Crippen LogP contribution < -0.4 is 4.74 Å². The summed E-state index contributed by atoms with van der Waals surface area (Å²) in [6.45, 7) is 7.89. The van der Waals surface area contributed by atoms with Gasteiger partial charge in [0.15, 0.2) is 5.89 Å². The van der Waals surface area contributed by atoms with Gasteiger partial charge < -0.3 is 19.0 Å². The van der Waals surface area contributed by atoms with Crippen LogP contribution in [0.4, 0.5) is 0 Å². The highest BCUT2D eigenvalue weighted by molar-refractivity contribution is 5.76. The van der Waals surface area contributed by atoms with Gasteiger partial charge in [0.05, 0.1) is 18.8 Å². The Morgan fingerprint density at radius 3 is 2.60 bits per heavy atom. The summed E-state index contributed by atoms with van der Waals surface area (Å²) in [5.41, 5.74) is 1.89. The number of nitrogens with zero attached hydrogens (tertiary/aromatic N) is 3. The third-order valence-electron chi connectivity index (χ3n) is 5.74. The molecule has 0 saturated carbocycles. The van der Waals surface area contributed by atoms with Gasteiger partial charge in [0.1, 0.15) is 12.0 Å². The fraction of sp³-hybridized carbons (Fsp3) is 0.583. The number of rotatable bonds is 10. The van der Waals surface area contributed by atoms with Crippen LogP contribution in [0.1, 0.15) is 56.2 Å². The Hall–Kier alpha value is -2.34. The number of hydrogen-bond acceptors (Lipinski definition) is 5. The minimum atomic E-state index is 0.188. The monoisotopic (exact) mass is 413 g/mol. The average molecular weight is 414 g/mol. The minimum absolute atomic E-state index is 0.188. The van der Waals surface area contributed by atoms with E-state index in [1.807, 2.05) is 36.1 Å². The van der Waals surface area contributed by atoms with Crippen molar-refractivity contribution < 1.29 is 13.9 Å². The summed E-state index contributed by atoms with van der Waals surface area (Å²) in [7, 11) is 2.15. The van der Waals surface area contributed by atoms with Gasteiger partial charge in [0.25, 0.3) is 0 Å². The van der Waals surface area contributed by atoms with E-state index in [-0.39, 0.29) is 5.91 Å². The van der Waals surface area contributed by atoms with Crippen molar-refractivity contribution in [2.75, 3.05) is 26.7 Å². The molecular formula is C24H35N3O3. The molecule has 1 amide bonds. The Morgan fingerprint density at radius 2 is 1.97 bits per heavy atom. The van der Waals surface area contributed by atoms with E-state index in [9.17, 15) is 4.79 Å². The van der Waals surface area contributed by atoms with Crippen LogP contribution in [0.3, 0.4) is 0 Å². The van der Waals surface area contributed by atoms with Gasteiger partial charge in [-0.2, -0.15) is 0 Å². The van der Waals surface area contributed by atoms with Crippen molar-refractivity contribution in [3.8, 4) is 5.75 Å². The lowest BCUT2D eigenvalue weighted by atomic mass is 9.93. The van der Waals surface area contributed by atoms with Crippen LogP contribution in [-0.4, -0.2) is 47.4 Å². The first-order chi connectivity index (χ1) is 14.5. The fourth-order valence-electron chi connectivity index (χ4n) is 3.80. The zero-order valence-electron chi connectivity index (χ0n) is 18.6. The number of ether oxygens (including phenoxy) is 1. The van der Waals surface area contributed by atoms with Crippen LogP contribution in [0.25, 0.3) is 0 Å². The van der Waals surface area contributed by atoms with E-state index in [0.717, 1.165) is 62.4 Å². The maximum absolute atomic E-state index is 13.2. The number of likely N-dealkylation sites (tertiary alicyclic amines) is 1. The van der Waals surface area contributed by atoms with Crippen molar-refractivity contribution in [3.63, 3.8) is 0 Å². The summed E-state index contributed by atoms with van der Waals surface area (Å²) >= 11 is 0. The first-order valence-corrected chi connectivity index (χ1v) is 11.1. The molecule has 3 rings (SSSR count). The predicted molar refractivity (Wildman–Crippen MR) is 117 cm³/mol. The number of hydrogen-bond donors (Lipinski definition) is 0. The molecule has 1 aliphatic heterocycles. The van der Waals surface area contributed by atoms with Crippen molar-refractivity contribution >= 4 is 5.91 Å². The molecule has 30 heavy (non-hydrogen) atoms. The lowest BCUT2D eigenvalue weighted by molar-refractivity contribution is -0.133. The SMILES string of the molecule is CCCCOc1ccc(CN(Cc2coc(C)n2)C(=O)CC2CCN(C)CC2)cc1. The second-order valence-electron chi connectivity index (χ2n) is 8.40. The number of aryl methyl sites for hydroxylation is 1. The summed E-state index contributed by atoms with van der Waals surface area (Å²) in [5, 5.41) is 0. The third-order valence-corrected chi connectivity index (χ3v) is 5.74. The second-order valence-corrected chi connectivity index (χ2v) is 8.40. The Balaban J connectivity index is 1.63. The molecule has 1 aromatic carbocycles. The van der Waals surface area contributed by atoms with Crippen LogP contribution in [0.5, 0.6) is 5.75 Å². The Labute approximate surface area is 180 Å². The molecule has 0 N–H and O–H groups in total. The van der Waals surface area contributed by atoms with Crippen LogP contribution in [-0.2, 0) is 17.9 Å². The van der Waals surface area contributed by atoms with Gasteiger partial charge >= 0.3 is 0 Å². The first kappa shape index (κ1) is 22.3. The molecular weight excluding hydrogens is 378 g/mol. The van der Waals surface area contributed by atoms with Gasteiger partial charge in [0, 0.05) is 19.9 Å². The summed E-state index contributed by atoms with van der Waals surface area (Å²) in [4.78, 5) is 21.8. The highest BCUT2D eigenvalue weighted by Crippen LogP contribution is 2.22. The molecule has 1 fully saturated rings. The van der Waals surface area contributed by atoms with Gasteiger partial charge in [0.2, 0.25) is 5.91 Å². The normalized spacial score (nSPS) is 15.3. The Bertz CT molecular complexity index is 779. The molecule has 6 nitrogen and oxygen atoms in total. The van der Waals surface area contributed by atoms with E-state index in [4.69, 9.17) is 9.15 Å². The molecule has 0 unspecified atom stereocenters. The molecule has 1 aromatic heterocycles. The molecule has 1 aliphatic rings. The van der Waals surface area contributed by atoms with Gasteiger partial charge in [-0.25, -0.2) is 4.98 Å². The molecule has 0 bridgehead atoms. The molecule has 0 atom stereocenters. The zero-order chi connectivity index (χ0) is 21.3. The molecule has 164 valence electrons. The highest BCUT2D eigenvalue weighted by atomic mass is 16.5. The fourth-order valence-corrected chi connectivity index (χ4v) is 3.80. The van der Waals surface area contributed by atoms with Crippen LogP contribution in [0, 0.1) is 12.8 Å². The van der Waals surface area contributed by atoms with E-state index in [0.29, 0.717) is 31.3 Å². The van der Waals surface area contributed by atoms with Crippen molar-refractivity contribution in [1.29, 1.82) is 0 Å². The number of oxazole rings is 1. The minimum Gasteiger partial charge on any atom is -0.494 e. The third kappa shape index (κ3) is 6.87. The maximum atomic E-state index is 13.2. The van der Waals surface area contributed by atoms with Crippen molar-refractivity contribution in [2.24, 2.45) is 5.92 Å². The number of unbranched alkanes of at least 4 members (excludes halogenated alkanes) is 1. The molecule has 0 radical (unpaired) electrons. The predicted octanol–water partition coefficient (Wildman–Crippen LogP) is 4.42. The van der Waals surface area contributed by atoms with Crippen molar-refractivity contribution in [1.82, 2.24) is 14.8 Å². The van der Waals surface area contributed by atoms with Crippen LogP contribution >= 0.6 is 0 Å². The molecule has 2 heterocycles. The Kier molecular flexibility index (Phi) is 8.31. The molecule has 6 heteroatoms. The number of aromatic nitrogens is 1. The largest absolute Gasteiger partial charge is 0.494 e. The summed E-state index contributed by atoms with van der Waals surface area (Å²) < 4.78 is 11.1. The quantitative estimate of drug-likeness (QED) is 0.540. The number of amides is 1. The Morgan fingerprint density at radius 1 is 1.23 bits per heavy atom. The lowest BCUT2D eigenvalue weighted by Crippen LogP contribution is -2.35. The number of carbonyl (C=O) groups excluding carboxylic acids is 1. The second kappa shape index (κ2) is 11.2. The van der Waals surface area contributed by atoms with E-state index in [1.165, 1.54) is 0 Å². The summed E-state index contributed by atoms with van der Waals surface area (Å²) in [6, 6.07) is 8.08. The topological polar surface area (TPSA) is 58.8 Å². The van der Waals surface area contributed by atoms with E-state index < -0.39 is 0 Å². The molecule has 0 aliphatic carbocycles. The summed E-state index contributed by atoms with van der Waals surface area (Å²) in [5.74, 6) is 2.16. The smallest absolute Gasteiger partial charge is 0.223 e. The van der Waals surface area contributed by atoms with Crippen LogP contribution in [0.15, 0.2) is 34.9 Å². The van der Waals surface area contributed by atoms with Gasteiger partial charge in [-0.15, -0.1) is 0 Å². The number of benzene rings is 1. The van der Waals surface area contributed by atoms with E-state index in [1.54, 1.807) is 6.26 Å². The zero-order valence-corrected chi connectivity index (χ0v) is 18.6. The lowest BCUT2D eigenvalue weighted by Gasteiger charge is -2.30. The summed E-state index contributed by atoms with van der Waals surface area (Å²) in [6.07, 6.45) is 6.59. The van der Waals surface area contributed by atoms with Gasteiger partial charge in [-0.3, -0.25) is 4.79 Å². The highest BCUT2D eigenvalue weighted by Gasteiger charge is 2.23. The number of carbonyl (C=O) groups is 1. The van der Waals surface area contributed by atoms with Gasteiger partial charge in [-0.1, -0.05) is 25.5 Å².